The predicted octanol–water partition coefficient (Wildman–Crippen LogP) is 3.05. The molecule has 18 heavy (non-hydrogen) atoms. The number of benzene rings is 2. The zero-order valence-corrected chi connectivity index (χ0v) is 10.3. The van der Waals surface area contributed by atoms with Gasteiger partial charge in [0.25, 0.3) is 0 Å². The SMILES string of the molecule is Cc1ccc2c(C(=O)C(C)C(=O)O)cccc2c1. The molecule has 0 bridgehead atoms. The van der Waals surface area contributed by atoms with E-state index < -0.39 is 11.9 Å². The molecule has 0 saturated heterocycles. The molecular formula is C15H14O3. The predicted molar refractivity (Wildman–Crippen MR) is 69.8 cm³/mol. The minimum Gasteiger partial charge on any atom is -0.481 e. The van der Waals surface area contributed by atoms with Gasteiger partial charge in [0, 0.05) is 5.56 Å². The van der Waals surface area contributed by atoms with Crippen LogP contribution in [-0.4, -0.2) is 16.9 Å². The Morgan fingerprint density at radius 1 is 1.17 bits per heavy atom. The highest BCUT2D eigenvalue weighted by atomic mass is 16.4. The molecule has 0 amide bonds. The summed E-state index contributed by atoms with van der Waals surface area (Å²) in [5.41, 5.74) is 1.58. The fourth-order valence-corrected chi connectivity index (χ4v) is 1.96. The minimum atomic E-state index is -1.09. The first-order valence-electron chi connectivity index (χ1n) is 5.77. The number of aryl methyl sites for hydroxylation is 1. The van der Waals surface area contributed by atoms with Gasteiger partial charge in [0.1, 0.15) is 5.92 Å². The van der Waals surface area contributed by atoms with E-state index in [0.717, 1.165) is 16.3 Å². The Hall–Kier alpha value is -2.16. The monoisotopic (exact) mass is 242 g/mol. The Balaban J connectivity index is 2.58. The molecule has 0 aliphatic rings. The average molecular weight is 242 g/mol. The smallest absolute Gasteiger partial charge is 0.314 e. The summed E-state index contributed by atoms with van der Waals surface area (Å²) in [5, 5.41) is 10.7. The molecule has 1 atom stereocenters. The highest BCUT2D eigenvalue weighted by Crippen LogP contribution is 2.22. The highest BCUT2D eigenvalue weighted by molar-refractivity contribution is 6.14. The van der Waals surface area contributed by atoms with Crippen LogP contribution in [0.4, 0.5) is 0 Å². The fraction of sp³-hybridized carbons (Fsp3) is 0.200. The molecule has 0 spiro atoms. The van der Waals surface area contributed by atoms with Crippen molar-refractivity contribution in [1.82, 2.24) is 0 Å². The van der Waals surface area contributed by atoms with Gasteiger partial charge in [-0.2, -0.15) is 0 Å². The van der Waals surface area contributed by atoms with Crippen molar-refractivity contribution in [1.29, 1.82) is 0 Å². The Kier molecular flexibility index (Phi) is 3.15. The van der Waals surface area contributed by atoms with Crippen molar-refractivity contribution in [3.8, 4) is 0 Å². The Morgan fingerprint density at radius 3 is 2.56 bits per heavy atom. The molecule has 1 unspecified atom stereocenters. The largest absolute Gasteiger partial charge is 0.481 e. The van der Waals surface area contributed by atoms with Crippen molar-refractivity contribution in [2.45, 2.75) is 13.8 Å². The molecular weight excluding hydrogens is 228 g/mol. The van der Waals surface area contributed by atoms with Crippen molar-refractivity contribution in [2.75, 3.05) is 0 Å². The molecule has 0 fully saturated rings. The van der Waals surface area contributed by atoms with Crippen LogP contribution < -0.4 is 0 Å². The molecule has 2 aromatic rings. The summed E-state index contributed by atoms with van der Waals surface area (Å²) < 4.78 is 0. The maximum atomic E-state index is 12.1. The van der Waals surface area contributed by atoms with E-state index in [1.807, 2.05) is 31.2 Å². The van der Waals surface area contributed by atoms with Gasteiger partial charge in [-0.15, -0.1) is 0 Å². The van der Waals surface area contributed by atoms with E-state index in [2.05, 4.69) is 0 Å². The zero-order valence-electron chi connectivity index (χ0n) is 10.3. The van der Waals surface area contributed by atoms with Crippen LogP contribution in [0.3, 0.4) is 0 Å². The Morgan fingerprint density at radius 2 is 1.89 bits per heavy atom. The summed E-state index contributed by atoms with van der Waals surface area (Å²) in [6.45, 7) is 3.39. The Bertz CT molecular complexity index is 629. The van der Waals surface area contributed by atoms with Crippen LogP contribution in [0.2, 0.25) is 0 Å². The van der Waals surface area contributed by atoms with Crippen LogP contribution in [0.1, 0.15) is 22.8 Å². The van der Waals surface area contributed by atoms with Crippen molar-refractivity contribution in [3.05, 3.63) is 47.5 Å². The van der Waals surface area contributed by atoms with Crippen LogP contribution in [0.5, 0.6) is 0 Å². The number of rotatable bonds is 3. The van der Waals surface area contributed by atoms with Crippen molar-refractivity contribution in [2.24, 2.45) is 5.92 Å². The number of fused-ring (bicyclic) bond motifs is 1. The third-order valence-corrected chi connectivity index (χ3v) is 3.07. The number of ketones is 1. The van der Waals surface area contributed by atoms with E-state index in [1.165, 1.54) is 6.92 Å². The number of aliphatic carboxylic acids is 1. The number of Topliss-reactive ketones (excluding diaryl/α,β-unsaturated/α-hetero) is 1. The standard InChI is InChI=1S/C15H14O3/c1-9-6-7-12-11(8-9)4-3-5-13(12)14(16)10(2)15(17)18/h3-8,10H,1-2H3,(H,17,18). The second kappa shape index (κ2) is 4.61. The summed E-state index contributed by atoms with van der Waals surface area (Å²) in [6.07, 6.45) is 0. The van der Waals surface area contributed by atoms with Crippen LogP contribution >= 0.6 is 0 Å². The number of carbonyl (C=O) groups is 2. The summed E-state index contributed by atoms with van der Waals surface area (Å²) in [7, 11) is 0. The van der Waals surface area contributed by atoms with Gasteiger partial charge in [-0.3, -0.25) is 9.59 Å². The van der Waals surface area contributed by atoms with Gasteiger partial charge in [-0.1, -0.05) is 42.0 Å². The minimum absolute atomic E-state index is 0.350. The van der Waals surface area contributed by atoms with Crippen molar-refractivity contribution >= 4 is 22.5 Å². The molecule has 0 aromatic heterocycles. The molecule has 2 rings (SSSR count). The zero-order chi connectivity index (χ0) is 13.3. The van der Waals surface area contributed by atoms with E-state index in [-0.39, 0.29) is 5.78 Å². The number of hydrogen-bond donors (Lipinski definition) is 1. The highest BCUT2D eigenvalue weighted by Gasteiger charge is 2.23. The first-order chi connectivity index (χ1) is 8.50. The molecule has 0 heterocycles. The third kappa shape index (κ3) is 2.12. The second-order valence-electron chi connectivity index (χ2n) is 4.45. The number of carboxylic acid groups (broad SMARTS) is 1. The van der Waals surface area contributed by atoms with E-state index >= 15 is 0 Å². The van der Waals surface area contributed by atoms with Gasteiger partial charge in [-0.05, 0) is 24.6 Å². The normalized spacial score (nSPS) is 12.3. The Labute approximate surface area is 105 Å². The molecule has 0 radical (unpaired) electrons. The maximum Gasteiger partial charge on any atom is 0.314 e. The molecule has 3 nitrogen and oxygen atoms in total. The number of carboxylic acids is 1. The molecule has 3 heteroatoms. The molecule has 0 aliphatic carbocycles. The van der Waals surface area contributed by atoms with Crippen LogP contribution in [-0.2, 0) is 4.79 Å². The molecule has 92 valence electrons. The maximum absolute atomic E-state index is 12.1. The summed E-state index contributed by atoms with van der Waals surface area (Å²) in [5.74, 6) is -2.46. The van der Waals surface area contributed by atoms with E-state index in [9.17, 15) is 9.59 Å². The molecule has 2 aromatic carbocycles. The van der Waals surface area contributed by atoms with Gasteiger partial charge in [0.2, 0.25) is 0 Å². The summed E-state index contributed by atoms with van der Waals surface area (Å²) in [6, 6.07) is 11.2. The molecule has 0 aliphatic heterocycles. The molecule has 0 saturated carbocycles. The van der Waals surface area contributed by atoms with Crippen LogP contribution in [0.25, 0.3) is 10.8 Å². The van der Waals surface area contributed by atoms with Crippen LogP contribution in [0, 0.1) is 12.8 Å². The topological polar surface area (TPSA) is 54.4 Å². The lowest BCUT2D eigenvalue weighted by Crippen LogP contribution is -2.20. The lowest BCUT2D eigenvalue weighted by atomic mass is 9.94. The van der Waals surface area contributed by atoms with Gasteiger partial charge in [0.05, 0.1) is 0 Å². The van der Waals surface area contributed by atoms with Crippen LogP contribution in [0.15, 0.2) is 36.4 Å². The first kappa shape index (κ1) is 12.3. The molecule has 1 N–H and O–H groups in total. The lowest BCUT2D eigenvalue weighted by molar-refractivity contribution is -0.139. The average Bonchev–Trinajstić information content (AvgIpc) is 2.35. The van der Waals surface area contributed by atoms with E-state index in [4.69, 9.17) is 5.11 Å². The number of carbonyl (C=O) groups excluding carboxylic acids is 1. The van der Waals surface area contributed by atoms with E-state index in [1.54, 1.807) is 12.1 Å². The second-order valence-corrected chi connectivity index (χ2v) is 4.45. The fourth-order valence-electron chi connectivity index (χ4n) is 1.96. The third-order valence-electron chi connectivity index (χ3n) is 3.07. The lowest BCUT2D eigenvalue weighted by Gasteiger charge is -2.09. The van der Waals surface area contributed by atoms with Crippen molar-refractivity contribution < 1.29 is 14.7 Å². The van der Waals surface area contributed by atoms with Crippen molar-refractivity contribution in [3.63, 3.8) is 0 Å². The van der Waals surface area contributed by atoms with Gasteiger partial charge >= 0.3 is 5.97 Å². The van der Waals surface area contributed by atoms with E-state index in [0.29, 0.717) is 5.56 Å². The first-order valence-corrected chi connectivity index (χ1v) is 5.77. The van der Waals surface area contributed by atoms with Gasteiger partial charge in [-0.25, -0.2) is 0 Å². The van der Waals surface area contributed by atoms with Gasteiger partial charge in [0.15, 0.2) is 5.78 Å². The summed E-state index contributed by atoms with van der Waals surface area (Å²) >= 11 is 0. The quantitative estimate of drug-likeness (QED) is 0.664. The summed E-state index contributed by atoms with van der Waals surface area (Å²) in [4.78, 5) is 23.0. The number of hydrogen-bond acceptors (Lipinski definition) is 2. The van der Waals surface area contributed by atoms with Gasteiger partial charge < -0.3 is 5.11 Å².